The van der Waals surface area contributed by atoms with Crippen molar-refractivity contribution in [2.45, 2.75) is 11.8 Å². The first kappa shape index (κ1) is 23.9. The predicted octanol–water partition coefficient (Wildman–Crippen LogP) is 3.56. The van der Waals surface area contributed by atoms with E-state index in [2.05, 4.69) is 17.2 Å². The average Bonchev–Trinajstić information content (AvgIpc) is 2.73. The summed E-state index contributed by atoms with van der Waals surface area (Å²) in [6.45, 7) is 4.96. The van der Waals surface area contributed by atoms with Crippen molar-refractivity contribution >= 4 is 50.7 Å². The molecule has 30 heavy (non-hydrogen) atoms. The van der Waals surface area contributed by atoms with E-state index in [-0.39, 0.29) is 39.3 Å². The quantitative estimate of drug-likeness (QED) is 0.548. The van der Waals surface area contributed by atoms with Gasteiger partial charge in [-0.1, -0.05) is 48.3 Å². The average molecular weight is 470 g/mol. The van der Waals surface area contributed by atoms with Gasteiger partial charge in [-0.3, -0.25) is 9.59 Å². The Kier molecular flexibility index (Phi) is 8.43. The van der Waals surface area contributed by atoms with Crippen molar-refractivity contribution in [1.29, 1.82) is 0 Å². The molecular formula is C20H21Cl2N3O4S. The van der Waals surface area contributed by atoms with Gasteiger partial charge in [-0.05, 0) is 30.3 Å². The number of anilines is 1. The number of hydrogen-bond donors (Lipinski definition) is 2. The predicted molar refractivity (Wildman–Crippen MR) is 118 cm³/mol. The number of carbonyl (C=O) groups excluding carboxylic acids is 2. The molecule has 0 heterocycles. The van der Waals surface area contributed by atoms with E-state index >= 15 is 0 Å². The van der Waals surface area contributed by atoms with E-state index in [4.69, 9.17) is 23.2 Å². The van der Waals surface area contributed by atoms with Gasteiger partial charge < -0.3 is 10.6 Å². The Morgan fingerprint density at radius 2 is 1.77 bits per heavy atom. The second-order valence-electron chi connectivity index (χ2n) is 6.10. The number of hydrogen-bond acceptors (Lipinski definition) is 4. The van der Waals surface area contributed by atoms with Gasteiger partial charge in [-0.15, -0.1) is 6.58 Å². The van der Waals surface area contributed by atoms with Crippen molar-refractivity contribution in [2.24, 2.45) is 0 Å². The van der Waals surface area contributed by atoms with Crippen LogP contribution in [0.15, 0.2) is 60.0 Å². The summed E-state index contributed by atoms with van der Waals surface area (Å²) < 4.78 is 27.0. The summed E-state index contributed by atoms with van der Waals surface area (Å²) in [7, 11) is -4.03. The minimum Gasteiger partial charge on any atom is -0.349 e. The Morgan fingerprint density at radius 1 is 1.13 bits per heavy atom. The number of nitrogens with one attached hydrogen (secondary N) is 2. The minimum absolute atomic E-state index is 0.0406. The summed E-state index contributed by atoms with van der Waals surface area (Å²) in [5.74, 6) is -1.03. The van der Waals surface area contributed by atoms with Gasteiger partial charge >= 0.3 is 0 Å². The van der Waals surface area contributed by atoms with Crippen LogP contribution >= 0.6 is 23.2 Å². The van der Waals surface area contributed by atoms with Gasteiger partial charge in [-0.2, -0.15) is 4.31 Å². The van der Waals surface area contributed by atoms with Gasteiger partial charge in [0.1, 0.15) is 0 Å². The fraction of sp³-hybridized carbons (Fsp3) is 0.200. The second-order valence-corrected chi connectivity index (χ2v) is 8.85. The molecule has 2 aromatic carbocycles. The SMILES string of the molecule is C=CCNC(=O)c1cccc(S(=O)(=O)N(CC)CC(=O)Nc2c(Cl)cccc2Cl)c1. The monoisotopic (exact) mass is 469 g/mol. The molecule has 0 saturated heterocycles. The molecule has 2 amide bonds. The third-order valence-electron chi connectivity index (χ3n) is 4.04. The molecule has 2 N–H and O–H groups in total. The van der Waals surface area contributed by atoms with Gasteiger partial charge in [0, 0.05) is 18.7 Å². The number of likely N-dealkylation sites (N-methyl/N-ethyl adjacent to an activating group) is 1. The Labute approximate surface area is 185 Å². The lowest BCUT2D eigenvalue weighted by Gasteiger charge is -2.20. The van der Waals surface area contributed by atoms with Crippen molar-refractivity contribution < 1.29 is 18.0 Å². The third-order valence-corrected chi connectivity index (χ3v) is 6.59. The van der Waals surface area contributed by atoms with E-state index in [0.29, 0.717) is 0 Å². The molecule has 0 fully saturated rings. The third kappa shape index (κ3) is 5.82. The highest BCUT2D eigenvalue weighted by Gasteiger charge is 2.26. The van der Waals surface area contributed by atoms with E-state index in [1.165, 1.54) is 30.3 Å². The number of amides is 2. The van der Waals surface area contributed by atoms with Crippen molar-refractivity contribution in [1.82, 2.24) is 9.62 Å². The standard InChI is InChI=1S/C20H21Cl2N3O4S/c1-3-11-23-20(27)14-7-5-8-15(12-14)30(28,29)25(4-2)13-18(26)24-19-16(21)9-6-10-17(19)22/h3,5-10,12H,1,4,11,13H2,2H3,(H,23,27)(H,24,26). The topological polar surface area (TPSA) is 95.6 Å². The molecule has 0 saturated carbocycles. The number of sulfonamides is 1. The molecule has 0 aliphatic rings. The molecule has 0 aliphatic heterocycles. The summed E-state index contributed by atoms with van der Waals surface area (Å²) in [4.78, 5) is 24.5. The molecular weight excluding hydrogens is 449 g/mol. The maximum Gasteiger partial charge on any atom is 0.251 e. The molecule has 0 radical (unpaired) electrons. The second kappa shape index (κ2) is 10.6. The van der Waals surface area contributed by atoms with Crippen LogP contribution in [0.4, 0.5) is 5.69 Å². The largest absolute Gasteiger partial charge is 0.349 e. The number of halogens is 2. The summed E-state index contributed by atoms with van der Waals surface area (Å²) in [6.07, 6.45) is 1.52. The van der Waals surface area contributed by atoms with Crippen LogP contribution in [0.5, 0.6) is 0 Å². The van der Waals surface area contributed by atoms with E-state index < -0.39 is 28.4 Å². The Hall–Kier alpha value is -2.39. The summed E-state index contributed by atoms with van der Waals surface area (Å²) in [6, 6.07) is 10.3. The van der Waals surface area contributed by atoms with Gasteiger partial charge in [0.15, 0.2) is 0 Å². The highest BCUT2D eigenvalue weighted by molar-refractivity contribution is 7.89. The molecule has 0 aromatic heterocycles. The number of para-hydroxylation sites is 1. The molecule has 0 bridgehead atoms. The fourth-order valence-corrected chi connectivity index (χ4v) is 4.48. The van der Waals surface area contributed by atoms with Crippen molar-refractivity contribution in [3.63, 3.8) is 0 Å². The van der Waals surface area contributed by atoms with Gasteiger partial charge in [0.05, 0.1) is 27.2 Å². The molecule has 7 nitrogen and oxygen atoms in total. The number of carbonyl (C=O) groups is 2. The lowest BCUT2D eigenvalue weighted by atomic mass is 10.2. The normalized spacial score (nSPS) is 11.2. The molecule has 160 valence electrons. The van der Waals surface area contributed by atoms with Crippen LogP contribution < -0.4 is 10.6 Å². The van der Waals surface area contributed by atoms with Gasteiger partial charge in [-0.25, -0.2) is 8.42 Å². The summed E-state index contributed by atoms with van der Waals surface area (Å²) in [5, 5.41) is 5.60. The molecule has 0 aliphatic carbocycles. The fourth-order valence-electron chi connectivity index (χ4n) is 2.54. The maximum absolute atomic E-state index is 13.0. The van der Waals surface area contributed by atoms with Crippen LogP contribution in [0.25, 0.3) is 0 Å². The summed E-state index contributed by atoms with van der Waals surface area (Å²) in [5.41, 5.74) is 0.390. The molecule has 2 rings (SSSR count). The highest BCUT2D eigenvalue weighted by atomic mass is 35.5. The van der Waals surface area contributed by atoms with Gasteiger partial charge in [0.25, 0.3) is 5.91 Å². The number of nitrogens with zero attached hydrogens (tertiary/aromatic N) is 1. The lowest BCUT2D eigenvalue weighted by molar-refractivity contribution is -0.116. The number of rotatable bonds is 9. The zero-order valence-corrected chi connectivity index (χ0v) is 18.5. The maximum atomic E-state index is 13.0. The Morgan fingerprint density at radius 3 is 2.37 bits per heavy atom. The smallest absolute Gasteiger partial charge is 0.251 e. The minimum atomic E-state index is -4.03. The van der Waals surface area contributed by atoms with E-state index in [1.807, 2.05) is 0 Å². The van der Waals surface area contributed by atoms with Crippen LogP contribution in [0.1, 0.15) is 17.3 Å². The van der Waals surface area contributed by atoms with Crippen LogP contribution in [-0.2, 0) is 14.8 Å². The van der Waals surface area contributed by atoms with E-state index in [1.54, 1.807) is 25.1 Å². The van der Waals surface area contributed by atoms with Crippen molar-refractivity contribution in [2.75, 3.05) is 25.0 Å². The van der Waals surface area contributed by atoms with Crippen molar-refractivity contribution in [3.05, 3.63) is 70.7 Å². The van der Waals surface area contributed by atoms with Crippen LogP contribution in [0.3, 0.4) is 0 Å². The molecule has 10 heteroatoms. The summed E-state index contributed by atoms with van der Waals surface area (Å²) >= 11 is 12.1. The number of benzene rings is 2. The highest BCUT2D eigenvalue weighted by Crippen LogP contribution is 2.29. The van der Waals surface area contributed by atoms with Crippen LogP contribution in [0, 0.1) is 0 Å². The first-order valence-corrected chi connectivity index (χ1v) is 11.1. The van der Waals surface area contributed by atoms with Gasteiger partial charge in [0.2, 0.25) is 15.9 Å². The zero-order chi connectivity index (χ0) is 22.3. The Balaban J connectivity index is 2.22. The van der Waals surface area contributed by atoms with E-state index in [0.717, 1.165) is 4.31 Å². The van der Waals surface area contributed by atoms with Crippen LogP contribution in [0.2, 0.25) is 10.0 Å². The molecule has 0 spiro atoms. The zero-order valence-electron chi connectivity index (χ0n) is 16.2. The Bertz CT molecular complexity index is 1040. The first-order valence-electron chi connectivity index (χ1n) is 8.93. The lowest BCUT2D eigenvalue weighted by Crippen LogP contribution is -2.38. The first-order chi connectivity index (χ1) is 14.2. The van der Waals surface area contributed by atoms with Crippen molar-refractivity contribution in [3.8, 4) is 0 Å². The van der Waals surface area contributed by atoms with E-state index in [9.17, 15) is 18.0 Å². The van der Waals surface area contributed by atoms with Crippen LogP contribution in [-0.4, -0.2) is 44.2 Å². The molecule has 0 unspecified atom stereocenters. The molecule has 0 atom stereocenters. The molecule has 2 aromatic rings.